The van der Waals surface area contributed by atoms with E-state index in [1.54, 1.807) is 6.08 Å². The van der Waals surface area contributed by atoms with Gasteiger partial charge in [-0.15, -0.1) is 0 Å². The molecule has 0 amide bonds. The van der Waals surface area contributed by atoms with Crippen molar-refractivity contribution >= 4 is 16.1 Å². The maximum absolute atomic E-state index is 12.7. The smallest absolute Gasteiger partial charge is 0.402 e. The van der Waals surface area contributed by atoms with E-state index in [0.717, 1.165) is 0 Å². The van der Waals surface area contributed by atoms with Crippen LogP contribution in [0.2, 0.25) is 0 Å². The Morgan fingerprint density at radius 3 is 2.59 bits per heavy atom. The topological polar surface area (TPSA) is 80.7 Å². The first kappa shape index (κ1) is 14.0. The molecule has 0 saturated heterocycles. The molecule has 17 heavy (non-hydrogen) atoms. The molecule has 98 valence electrons. The minimum Gasteiger partial charge on any atom is -0.458 e. The van der Waals surface area contributed by atoms with Crippen molar-refractivity contribution in [1.82, 2.24) is 0 Å². The van der Waals surface area contributed by atoms with E-state index in [1.807, 2.05) is 6.08 Å². The molecule has 0 fully saturated rings. The lowest BCUT2D eigenvalue weighted by Crippen LogP contribution is -2.35. The fourth-order valence-electron chi connectivity index (χ4n) is 1.36. The summed E-state index contributed by atoms with van der Waals surface area (Å²) in [5, 5.41) is -4.47. The summed E-state index contributed by atoms with van der Waals surface area (Å²) in [7, 11) is -5.55. The molecule has 1 unspecified atom stereocenters. The van der Waals surface area contributed by atoms with Gasteiger partial charge in [-0.2, -0.15) is 17.2 Å². The van der Waals surface area contributed by atoms with E-state index >= 15 is 0 Å². The van der Waals surface area contributed by atoms with Crippen molar-refractivity contribution < 1.29 is 31.3 Å². The first-order valence-corrected chi connectivity index (χ1v) is 6.34. The Morgan fingerprint density at radius 1 is 1.47 bits per heavy atom. The quantitative estimate of drug-likeness (QED) is 0.474. The number of hydrogen-bond acceptors (Lipinski definition) is 4. The van der Waals surface area contributed by atoms with Gasteiger partial charge in [-0.3, -0.25) is 9.35 Å². The molecule has 1 aliphatic rings. The monoisotopic (exact) mass is 270 g/mol. The van der Waals surface area contributed by atoms with Gasteiger partial charge in [0.2, 0.25) is 0 Å². The third-order valence-electron chi connectivity index (χ3n) is 2.36. The molecular weight excluding hydrogens is 258 g/mol. The predicted octanol–water partition coefficient (Wildman–Crippen LogP) is 1.37. The maximum Gasteiger partial charge on any atom is 0.402 e. The highest BCUT2D eigenvalue weighted by Gasteiger charge is 2.45. The van der Waals surface area contributed by atoms with Crippen LogP contribution in [0.4, 0.5) is 8.78 Å². The molecule has 0 spiro atoms. The number of halogens is 2. The highest BCUT2D eigenvalue weighted by Crippen LogP contribution is 2.23. The molecule has 1 rings (SSSR count). The fourth-order valence-corrected chi connectivity index (χ4v) is 1.56. The Bertz CT molecular complexity index is 415. The molecule has 1 aliphatic carbocycles. The van der Waals surface area contributed by atoms with Gasteiger partial charge >= 0.3 is 21.3 Å². The van der Waals surface area contributed by atoms with Gasteiger partial charge in [-0.25, -0.2) is 0 Å². The molecule has 5 nitrogen and oxygen atoms in total. The van der Waals surface area contributed by atoms with Gasteiger partial charge in [0.15, 0.2) is 6.61 Å². The Balaban J connectivity index is 2.51. The molecule has 0 aromatic carbocycles. The van der Waals surface area contributed by atoms with Crippen LogP contribution in [0.15, 0.2) is 12.2 Å². The molecule has 1 atom stereocenters. The second-order valence-corrected chi connectivity index (χ2v) is 5.25. The number of carbonyl (C=O) groups is 1. The van der Waals surface area contributed by atoms with Crippen LogP contribution in [0.3, 0.4) is 0 Å². The maximum atomic E-state index is 12.7. The summed E-state index contributed by atoms with van der Waals surface area (Å²) in [6.07, 6.45) is 5.10. The van der Waals surface area contributed by atoms with Crippen molar-refractivity contribution in [3.63, 3.8) is 0 Å². The summed E-state index contributed by atoms with van der Waals surface area (Å²) >= 11 is 0. The van der Waals surface area contributed by atoms with Gasteiger partial charge in [0.1, 0.15) is 0 Å². The second kappa shape index (κ2) is 5.09. The number of esters is 1. The third-order valence-corrected chi connectivity index (χ3v) is 3.23. The number of rotatable bonds is 4. The Hall–Kier alpha value is -1.02. The number of hydrogen-bond donors (Lipinski definition) is 1. The minimum atomic E-state index is -5.55. The van der Waals surface area contributed by atoms with Gasteiger partial charge in [-0.1, -0.05) is 12.2 Å². The summed E-state index contributed by atoms with van der Waals surface area (Å²) in [6, 6.07) is 0. The van der Waals surface area contributed by atoms with E-state index in [1.165, 1.54) is 0 Å². The second-order valence-electron chi connectivity index (χ2n) is 3.70. The molecule has 0 bridgehead atoms. The minimum absolute atomic E-state index is 0.385. The summed E-state index contributed by atoms with van der Waals surface area (Å²) in [4.78, 5) is 11.3. The van der Waals surface area contributed by atoms with Gasteiger partial charge in [0.05, 0.1) is 5.92 Å². The lowest BCUT2D eigenvalue weighted by Gasteiger charge is -2.18. The van der Waals surface area contributed by atoms with Crippen molar-refractivity contribution in [3.05, 3.63) is 12.2 Å². The van der Waals surface area contributed by atoms with Crippen LogP contribution in [-0.2, 0) is 19.6 Å². The lowest BCUT2D eigenvalue weighted by atomic mass is 9.95. The van der Waals surface area contributed by atoms with E-state index in [9.17, 15) is 22.0 Å². The van der Waals surface area contributed by atoms with E-state index in [4.69, 9.17) is 4.55 Å². The number of allylic oxidation sites excluding steroid dienone is 2. The summed E-state index contributed by atoms with van der Waals surface area (Å²) in [5.41, 5.74) is 0. The van der Waals surface area contributed by atoms with Crippen molar-refractivity contribution in [2.45, 2.75) is 24.5 Å². The van der Waals surface area contributed by atoms with Crippen LogP contribution in [0, 0.1) is 5.92 Å². The Morgan fingerprint density at radius 2 is 2.12 bits per heavy atom. The van der Waals surface area contributed by atoms with Crippen LogP contribution in [-0.4, -0.2) is 30.8 Å². The predicted molar refractivity (Wildman–Crippen MR) is 53.9 cm³/mol. The Kier molecular flexibility index (Phi) is 4.21. The summed E-state index contributed by atoms with van der Waals surface area (Å²) in [5.74, 6) is -1.41. The van der Waals surface area contributed by atoms with Crippen molar-refractivity contribution in [2.24, 2.45) is 5.92 Å². The van der Waals surface area contributed by atoms with Gasteiger partial charge in [0.25, 0.3) is 0 Å². The highest BCUT2D eigenvalue weighted by atomic mass is 32.2. The van der Waals surface area contributed by atoms with Gasteiger partial charge < -0.3 is 4.74 Å². The molecule has 0 saturated carbocycles. The SMILES string of the molecule is O=C(OCC(F)(F)S(=O)(=O)O)C1CC=CCC1. The summed E-state index contributed by atoms with van der Waals surface area (Å²) < 4.78 is 58.3. The fraction of sp³-hybridized carbons (Fsp3) is 0.667. The van der Waals surface area contributed by atoms with Crippen LogP contribution >= 0.6 is 0 Å². The molecule has 0 radical (unpaired) electrons. The average molecular weight is 270 g/mol. The van der Waals surface area contributed by atoms with Crippen LogP contribution < -0.4 is 0 Å². The zero-order chi connectivity index (χ0) is 13.1. The first-order chi connectivity index (χ1) is 7.74. The zero-order valence-corrected chi connectivity index (χ0v) is 9.62. The molecule has 1 N–H and O–H groups in total. The standard InChI is InChI=1S/C9H12F2O5S/c10-9(11,17(13,14)15)6-16-8(12)7-4-2-1-3-5-7/h1-2,7H,3-6H2,(H,13,14,15). The van der Waals surface area contributed by atoms with Crippen molar-refractivity contribution in [1.29, 1.82) is 0 Å². The zero-order valence-electron chi connectivity index (χ0n) is 8.80. The number of ether oxygens (including phenoxy) is 1. The Labute approximate surface area is 97.2 Å². The molecular formula is C9H12F2O5S. The summed E-state index contributed by atoms with van der Waals surface area (Å²) in [6.45, 7) is -1.66. The largest absolute Gasteiger partial charge is 0.458 e. The number of alkyl halides is 2. The molecule has 0 heterocycles. The van der Waals surface area contributed by atoms with Gasteiger partial charge in [-0.05, 0) is 19.3 Å². The van der Waals surface area contributed by atoms with Gasteiger partial charge in [0, 0.05) is 0 Å². The average Bonchev–Trinajstić information content (AvgIpc) is 2.25. The van der Waals surface area contributed by atoms with Crippen LogP contribution in [0.25, 0.3) is 0 Å². The van der Waals surface area contributed by atoms with Crippen molar-refractivity contribution in [2.75, 3.05) is 6.61 Å². The van der Waals surface area contributed by atoms with E-state index in [2.05, 4.69) is 4.74 Å². The molecule has 0 aromatic rings. The normalized spacial score (nSPS) is 21.2. The molecule has 0 aliphatic heterocycles. The highest BCUT2D eigenvalue weighted by molar-refractivity contribution is 7.86. The van der Waals surface area contributed by atoms with E-state index in [-0.39, 0.29) is 0 Å². The van der Waals surface area contributed by atoms with Crippen LogP contribution in [0.5, 0.6) is 0 Å². The molecule has 0 aromatic heterocycles. The molecule has 8 heteroatoms. The first-order valence-electron chi connectivity index (χ1n) is 4.90. The number of carbonyl (C=O) groups excluding carboxylic acids is 1. The lowest BCUT2D eigenvalue weighted by molar-refractivity contribution is -0.154. The third kappa shape index (κ3) is 3.74. The van der Waals surface area contributed by atoms with Crippen LogP contribution in [0.1, 0.15) is 19.3 Å². The van der Waals surface area contributed by atoms with Crippen molar-refractivity contribution in [3.8, 4) is 0 Å². The van der Waals surface area contributed by atoms with E-state index in [0.29, 0.717) is 19.3 Å². The van der Waals surface area contributed by atoms with E-state index < -0.39 is 33.9 Å².